The van der Waals surface area contributed by atoms with E-state index in [9.17, 15) is 4.80 Å². The zero-order valence-corrected chi connectivity index (χ0v) is 8.30. The van der Waals surface area contributed by atoms with E-state index < -0.39 is 0 Å². The Morgan fingerprint density at radius 3 is 2.00 bits per heavy atom. The van der Waals surface area contributed by atoms with E-state index in [1.165, 1.54) is 12.8 Å². The van der Waals surface area contributed by atoms with Gasteiger partial charge in [0.25, 0.3) is 0 Å². The molecule has 1 nitrogen and oxygen atoms in total. The molecule has 1 N–H and O–H groups in total. The molecule has 2 heteroatoms. The maximum absolute atomic E-state index is 9.26. The molecule has 1 rings (SSSR count). The quantitative estimate of drug-likeness (QED) is 0.605. The van der Waals surface area contributed by atoms with E-state index in [1.807, 2.05) is 0 Å². The zero-order chi connectivity index (χ0) is 7.83. The average molecular weight is 157 g/mol. The third-order valence-electron chi connectivity index (χ3n) is 3.42. The summed E-state index contributed by atoms with van der Waals surface area (Å²) in [4.78, 5) is 9.26. The summed E-state index contributed by atoms with van der Waals surface area (Å²) in [5.74, 6) is 0. The summed E-state index contributed by atoms with van der Waals surface area (Å²) in [5.41, 5.74) is 0.422. The van der Waals surface area contributed by atoms with Crippen LogP contribution in [0.1, 0.15) is 40.0 Å². The molecule has 0 aromatic carbocycles. The van der Waals surface area contributed by atoms with Crippen molar-refractivity contribution in [3.8, 4) is 0 Å². The Balaban J connectivity index is 2.67. The molecule has 0 spiro atoms. The lowest BCUT2D eigenvalue weighted by molar-refractivity contribution is 0.0763. The third-order valence-corrected chi connectivity index (χ3v) is 5.39. The van der Waals surface area contributed by atoms with Crippen molar-refractivity contribution in [2.75, 3.05) is 0 Å². The zero-order valence-electron chi connectivity index (χ0n) is 7.15. The number of rotatable bonds is 2. The van der Waals surface area contributed by atoms with Gasteiger partial charge in [0.05, 0.1) is 0 Å². The summed E-state index contributed by atoms with van der Waals surface area (Å²) >= 11 is 0. The fourth-order valence-electron chi connectivity index (χ4n) is 1.93. The molecule has 1 atom stereocenters. The van der Waals surface area contributed by atoms with Crippen molar-refractivity contribution in [1.29, 1.82) is 0 Å². The Kier molecular flexibility index (Phi) is 1.94. The molecule has 0 saturated heterocycles. The van der Waals surface area contributed by atoms with Crippen molar-refractivity contribution in [1.82, 2.24) is 0 Å². The Hall–Kier alpha value is 0.177. The molecular formula is C8H17OSi. The molecule has 0 aliphatic heterocycles. The average Bonchev–Trinajstić information content (AvgIpc) is 1.89. The summed E-state index contributed by atoms with van der Waals surface area (Å²) in [7, 11) is -0.323. The molecular weight excluding hydrogens is 140 g/mol. The van der Waals surface area contributed by atoms with Crippen LogP contribution in [0.4, 0.5) is 0 Å². The Labute approximate surface area is 65.8 Å². The number of hydrogen-bond acceptors (Lipinski definition) is 1. The van der Waals surface area contributed by atoms with Gasteiger partial charge < -0.3 is 4.80 Å². The van der Waals surface area contributed by atoms with Crippen LogP contribution in [0.15, 0.2) is 0 Å². The fraction of sp³-hybridized carbons (Fsp3) is 1.00. The van der Waals surface area contributed by atoms with Gasteiger partial charge in [-0.25, -0.2) is 0 Å². The molecule has 10 heavy (non-hydrogen) atoms. The highest BCUT2D eigenvalue weighted by Gasteiger charge is 2.51. The standard InChI is InChI=1S/C8H17OSi/c1-4-8(10-9)6-5-7(8,2)3/h9-10H,4-6H2,1-3H3. The summed E-state index contributed by atoms with van der Waals surface area (Å²) in [5, 5.41) is 0.340. The summed E-state index contributed by atoms with van der Waals surface area (Å²) < 4.78 is 0. The van der Waals surface area contributed by atoms with Crippen molar-refractivity contribution >= 4 is 9.76 Å². The molecule has 1 saturated carbocycles. The van der Waals surface area contributed by atoms with E-state index in [4.69, 9.17) is 0 Å². The monoisotopic (exact) mass is 157 g/mol. The van der Waals surface area contributed by atoms with Crippen LogP contribution >= 0.6 is 0 Å². The highest BCUT2D eigenvalue weighted by Crippen LogP contribution is 2.63. The second kappa shape index (κ2) is 2.34. The van der Waals surface area contributed by atoms with E-state index in [0.29, 0.717) is 10.5 Å². The van der Waals surface area contributed by atoms with Gasteiger partial charge in [0, 0.05) is 0 Å². The minimum Gasteiger partial charge on any atom is -0.434 e. The molecule has 1 radical (unpaired) electrons. The van der Waals surface area contributed by atoms with Crippen LogP contribution in [0.3, 0.4) is 0 Å². The lowest BCUT2D eigenvalue weighted by Crippen LogP contribution is -2.45. The largest absolute Gasteiger partial charge is 0.434 e. The predicted octanol–water partition coefficient (Wildman–Crippen LogP) is 1.72. The topological polar surface area (TPSA) is 20.2 Å². The van der Waals surface area contributed by atoms with Gasteiger partial charge in [0.15, 0.2) is 9.76 Å². The van der Waals surface area contributed by atoms with Crippen molar-refractivity contribution in [2.24, 2.45) is 5.41 Å². The normalized spacial score (nSPS) is 37.2. The summed E-state index contributed by atoms with van der Waals surface area (Å²) in [6.45, 7) is 6.76. The van der Waals surface area contributed by atoms with Crippen LogP contribution in [-0.2, 0) is 0 Å². The first-order valence-corrected chi connectivity index (χ1v) is 5.16. The van der Waals surface area contributed by atoms with Crippen LogP contribution in [0.2, 0.25) is 5.04 Å². The highest BCUT2D eigenvalue weighted by atomic mass is 28.2. The molecule has 0 heterocycles. The van der Waals surface area contributed by atoms with Gasteiger partial charge in [-0.1, -0.05) is 27.2 Å². The van der Waals surface area contributed by atoms with Crippen LogP contribution in [0, 0.1) is 5.41 Å². The van der Waals surface area contributed by atoms with Crippen molar-refractivity contribution in [3.05, 3.63) is 0 Å². The maximum Gasteiger partial charge on any atom is 0.195 e. The lowest BCUT2D eigenvalue weighted by atomic mass is 9.60. The lowest BCUT2D eigenvalue weighted by Gasteiger charge is -2.55. The van der Waals surface area contributed by atoms with Gasteiger partial charge in [-0.3, -0.25) is 0 Å². The smallest absolute Gasteiger partial charge is 0.195 e. The molecule has 1 unspecified atom stereocenters. The molecule has 0 amide bonds. The molecule has 0 bridgehead atoms. The van der Waals surface area contributed by atoms with Crippen molar-refractivity contribution < 1.29 is 4.80 Å². The van der Waals surface area contributed by atoms with E-state index in [1.54, 1.807) is 0 Å². The van der Waals surface area contributed by atoms with Gasteiger partial charge in [-0.05, 0) is 23.3 Å². The van der Waals surface area contributed by atoms with Gasteiger partial charge in [-0.15, -0.1) is 0 Å². The third kappa shape index (κ3) is 0.856. The molecule has 1 aliphatic carbocycles. The summed E-state index contributed by atoms with van der Waals surface area (Å²) in [6.07, 6.45) is 3.71. The molecule has 0 aromatic heterocycles. The summed E-state index contributed by atoms with van der Waals surface area (Å²) in [6, 6.07) is 0. The Bertz CT molecular complexity index is 122. The first kappa shape index (κ1) is 8.28. The van der Waals surface area contributed by atoms with Crippen LogP contribution in [-0.4, -0.2) is 14.6 Å². The minimum atomic E-state index is -0.323. The van der Waals surface area contributed by atoms with Crippen LogP contribution in [0.25, 0.3) is 0 Å². The van der Waals surface area contributed by atoms with Gasteiger partial charge in [-0.2, -0.15) is 0 Å². The molecule has 1 aliphatic rings. The van der Waals surface area contributed by atoms with E-state index in [0.717, 1.165) is 6.42 Å². The van der Waals surface area contributed by atoms with Gasteiger partial charge >= 0.3 is 0 Å². The maximum atomic E-state index is 9.26. The SMILES string of the molecule is CCC1([SiH]O)CCC1(C)C. The fourth-order valence-corrected chi connectivity index (χ4v) is 2.88. The first-order valence-electron chi connectivity index (χ1n) is 4.06. The van der Waals surface area contributed by atoms with E-state index in [2.05, 4.69) is 20.8 Å². The van der Waals surface area contributed by atoms with Gasteiger partial charge in [0.1, 0.15) is 0 Å². The van der Waals surface area contributed by atoms with Crippen LogP contribution < -0.4 is 0 Å². The Morgan fingerprint density at radius 1 is 1.40 bits per heavy atom. The second-order valence-corrected chi connectivity index (χ2v) is 5.39. The predicted molar refractivity (Wildman–Crippen MR) is 45.4 cm³/mol. The first-order chi connectivity index (χ1) is 4.58. The van der Waals surface area contributed by atoms with Crippen molar-refractivity contribution in [3.63, 3.8) is 0 Å². The van der Waals surface area contributed by atoms with Crippen molar-refractivity contribution in [2.45, 2.75) is 45.1 Å². The van der Waals surface area contributed by atoms with E-state index >= 15 is 0 Å². The highest BCUT2D eigenvalue weighted by molar-refractivity contribution is 6.31. The molecule has 1 fully saturated rings. The second-order valence-electron chi connectivity index (χ2n) is 4.02. The molecule has 0 aromatic rings. The number of hydrogen-bond donors (Lipinski definition) is 1. The molecule has 59 valence electrons. The van der Waals surface area contributed by atoms with E-state index in [-0.39, 0.29) is 9.76 Å². The van der Waals surface area contributed by atoms with Gasteiger partial charge in [0.2, 0.25) is 0 Å². The van der Waals surface area contributed by atoms with Crippen LogP contribution in [0.5, 0.6) is 0 Å². The minimum absolute atomic E-state index is 0.323. The Morgan fingerprint density at radius 2 is 2.00 bits per heavy atom.